The summed E-state index contributed by atoms with van der Waals surface area (Å²) in [6, 6.07) is 0. The second kappa shape index (κ2) is 3.47. The lowest BCUT2D eigenvalue weighted by Gasteiger charge is -2.18. The summed E-state index contributed by atoms with van der Waals surface area (Å²) in [5.41, 5.74) is -0.00502. The first-order chi connectivity index (χ1) is 3.92. The van der Waals surface area contributed by atoms with Crippen molar-refractivity contribution in [2.75, 3.05) is 0 Å². The Labute approximate surface area is 62.4 Å². The Kier molecular flexibility index (Phi) is 3.59. The van der Waals surface area contributed by atoms with Crippen LogP contribution in [0.2, 0.25) is 0 Å². The van der Waals surface area contributed by atoms with Gasteiger partial charge in [-0.3, -0.25) is 0 Å². The second-order valence-electron chi connectivity index (χ2n) is 3.34. The van der Waals surface area contributed by atoms with E-state index in [2.05, 4.69) is 34.6 Å². The van der Waals surface area contributed by atoms with Crippen LogP contribution >= 0.6 is 12.0 Å². The highest BCUT2D eigenvalue weighted by atomic mass is 32.2. The van der Waals surface area contributed by atoms with Gasteiger partial charge in [0.05, 0.1) is 5.60 Å². The predicted molar refractivity (Wildman–Crippen MR) is 43.6 cm³/mol. The first-order valence-corrected chi connectivity index (χ1v) is 4.07. The standard InChI is InChI=1S/C7H16OS/c1-6(2)9-8-7(3,4)5/h6H,1-5H3. The average Bonchev–Trinajstić information content (AvgIpc) is 1.59. The van der Waals surface area contributed by atoms with Gasteiger partial charge in [0.2, 0.25) is 0 Å². The van der Waals surface area contributed by atoms with Crippen LogP contribution in [0, 0.1) is 0 Å². The molecule has 0 aromatic heterocycles. The van der Waals surface area contributed by atoms with Crippen molar-refractivity contribution < 1.29 is 4.18 Å². The van der Waals surface area contributed by atoms with Gasteiger partial charge in [-0.05, 0) is 32.8 Å². The van der Waals surface area contributed by atoms with E-state index in [9.17, 15) is 0 Å². The van der Waals surface area contributed by atoms with E-state index in [1.807, 2.05) is 0 Å². The maximum absolute atomic E-state index is 5.41. The Balaban J connectivity index is 3.28. The van der Waals surface area contributed by atoms with Gasteiger partial charge in [0.1, 0.15) is 0 Å². The molecule has 0 rings (SSSR count). The fraction of sp³-hybridized carbons (Fsp3) is 1.00. The van der Waals surface area contributed by atoms with Gasteiger partial charge in [-0.2, -0.15) is 0 Å². The van der Waals surface area contributed by atoms with Crippen LogP contribution in [0.3, 0.4) is 0 Å². The average molecular weight is 148 g/mol. The van der Waals surface area contributed by atoms with Crippen LogP contribution in [-0.2, 0) is 4.18 Å². The van der Waals surface area contributed by atoms with Crippen molar-refractivity contribution in [2.24, 2.45) is 0 Å². The molecule has 9 heavy (non-hydrogen) atoms. The minimum Gasteiger partial charge on any atom is -0.309 e. The van der Waals surface area contributed by atoms with Crippen molar-refractivity contribution in [3.8, 4) is 0 Å². The highest BCUT2D eigenvalue weighted by Gasteiger charge is 2.11. The zero-order valence-corrected chi connectivity index (χ0v) is 7.71. The minimum atomic E-state index is -0.00502. The monoisotopic (exact) mass is 148 g/mol. The molecule has 0 aliphatic carbocycles. The first kappa shape index (κ1) is 9.31. The molecule has 2 heteroatoms. The number of rotatable bonds is 2. The van der Waals surface area contributed by atoms with Crippen molar-refractivity contribution in [1.82, 2.24) is 0 Å². The van der Waals surface area contributed by atoms with Gasteiger partial charge < -0.3 is 4.18 Å². The van der Waals surface area contributed by atoms with E-state index in [0.29, 0.717) is 5.25 Å². The zero-order chi connectivity index (χ0) is 7.49. The van der Waals surface area contributed by atoms with Gasteiger partial charge in [-0.15, -0.1) is 0 Å². The summed E-state index contributed by atoms with van der Waals surface area (Å²) in [6.07, 6.45) is 0. The largest absolute Gasteiger partial charge is 0.309 e. The topological polar surface area (TPSA) is 9.23 Å². The molecule has 0 atom stereocenters. The van der Waals surface area contributed by atoms with Crippen LogP contribution < -0.4 is 0 Å². The van der Waals surface area contributed by atoms with Crippen molar-refractivity contribution in [3.63, 3.8) is 0 Å². The molecule has 0 saturated heterocycles. The number of hydrogen-bond acceptors (Lipinski definition) is 2. The molecule has 0 fully saturated rings. The van der Waals surface area contributed by atoms with Crippen molar-refractivity contribution >= 4 is 12.0 Å². The summed E-state index contributed by atoms with van der Waals surface area (Å²) >= 11 is 1.54. The fourth-order valence-corrected chi connectivity index (χ4v) is 0.722. The lowest BCUT2D eigenvalue weighted by atomic mass is 10.2. The predicted octanol–water partition coefficient (Wildman–Crippen LogP) is 2.86. The van der Waals surface area contributed by atoms with Crippen molar-refractivity contribution in [2.45, 2.75) is 45.5 Å². The van der Waals surface area contributed by atoms with Crippen LogP contribution in [0.15, 0.2) is 0 Å². The highest BCUT2D eigenvalue weighted by molar-refractivity contribution is 7.95. The maximum atomic E-state index is 5.41. The molecule has 0 aromatic carbocycles. The molecule has 0 N–H and O–H groups in total. The summed E-state index contributed by atoms with van der Waals surface area (Å²) in [6.45, 7) is 10.4. The Bertz CT molecular complexity index is 73.5. The molecule has 0 bridgehead atoms. The molecule has 56 valence electrons. The van der Waals surface area contributed by atoms with Crippen LogP contribution in [0.25, 0.3) is 0 Å². The van der Waals surface area contributed by atoms with Crippen LogP contribution in [0.1, 0.15) is 34.6 Å². The lowest BCUT2D eigenvalue weighted by molar-refractivity contribution is 0.163. The Morgan fingerprint density at radius 1 is 1.22 bits per heavy atom. The van der Waals surface area contributed by atoms with E-state index in [-0.39, 0.29) is 5.60 Å². The van der Waals surface area contributed by atoms with E-state index >= 15 is 0 Å². The summed E-state index contributed by atoms with van der Waals surface area (Å²) in [5, 5.41) is 0.559. The molecular weight excluding hydrogens is 132 g/mol. The SMILES string of the molecule is CC(C)SOC(C)(C)C. The Morgan fingerprint density at radius 3 is 1.78 bits per heavy atom. The third-order valence-electron chi connectivity index (χ3n) is 0.491. The minimum absolute atomic E-state index is 0.00502. The molecule has 1 nitrogen and oxygen atoms in total. The third-order valence-corrected chi connectivity index (χ3v) is 1.47. The van der Waals surface area contributed by atoms with E-state index in [4.69, 9.17) is 4.18 Å². The zero-order valence-electron chi connectivity index (χ0n) is 6.89. The van der Waals surface area contributed by atoms with E-state index < -0.39 is 0 Å². The van der Waals surface area contributed by atoms with E-state index in [0.717, 1.165) is 0 Å². The van der Waals surface area contributed by atoms with E-state index in [1.54, 1.807) is 0 Å². The highest BCUT2D eigenvalue weighted by Crippen LogP contribution is 2.20. The smallest absolute Gasteiger partial charge is 0.0745 e. The summed E-state index contributed by atoms with van der Waals surface area (Å²) < 4.78 is 5.41. The number of hydrogen-bond donors (Lipinski definition) is 0. The maximum Gasteiger partial charge on any atom is 0.0745 e. The molecule has 0 aliphatic heterocycles. The van der Waals surface area contributed by atoms with Crippen LogP contribution in [-0.4, -0.2) is 10.9 Å². The molecule has 0 amide bonds. The van der Waals surface area contributed by atoms with Gasteiger partial charge in [-0.25, -0.2) is 0 Å². The van der Waals surface area contributed by atoms with Gasteiger partial charge in [0.15, 0.2) is 0 Å². The Hall–Kier alpha value is 0.310. The van der Waals surface area contributed by atoms with E-state index in [1.165, 1.54) is 12.0 Å². The molecule has 0 spiro atoms. The van der Waals surface area contributed by atoms with Crippen LogP contribution in [0.5, 0.6) is 0 Å². The Morgan fingerprint density at radius 2 is 1.67 bits per heavy atom. The second-order valence-corrected chi connectivity index (χ2v) is 4.64. The fourth-order valence-electron chi connectivity index (χ4n) is 0.241. The third kappa shape index (κ3) is 8.31. The molecule has 0 aliphatic rings. The molecule has 0 radical (unpaired) electrons. The molecule has 0 saturated carbocycles. The van der Waals surface area contributed by atoms with Gasteiger partial charge in [-0.1, -0.05) is 13.8 Å². The summed E-state index contributed by atoms with van der Waals surface area (Å²) in [5.74, 6) is 0. The van der Waals surface area contributed by atoms with Crippen LogP contribution in [0.4, 0.5) is 0 Å². The molecule has 0 unspecified atom stereocenters. The van der Waals surface area contributed by atoms with Crippen molar-refractivity contribution in [1.29, 1.82) is 0 Å². The van der Waals surface area contributed by atoms with Gasteiger partial charge in [0.25, 0.3) is 0 Å². The summed E-state index contributed by atoms with van der Waals surface area (Å²) in [4.78, 5) is 0. The van der Waals surface area contributed by atoms with Gasteiger partial charge in [0, 0.05) is 5.25 Å². The normalized spacial score (nSPS) is 12.7. The molecular formula is C7H16OS. The lowest BCUT2D eigenvalue weighted by Crippen LogP contribution is -2.15. The first-order valence-electron chi connectivity index (χ1n) is 3.26. The quantitative estimate of drug-likeness (QED) is 0.557. The van der Waals surface area contributed by atoms with Crippen molar-refractivity contribution in [3.05, 3.63) is 0 Å². The molecule has 0 aromatic rings. The van der Waals surface area contributed by atoms with Gasteiger partial charge >= 0.3 is 0 Å². The molecule has 0 heterocycles. The summed E-state index contributed by atoms with van der Waals surface area (Å²) in [7, 11) is 0.